The molecular weight excluding hydrogens is 310 g/mol. The number of rotatable bonds is 3. The largest absolute Gasteiger partial charge is 0.477 e. The van der Waals surface area contributed by atoms with Gasteiger partial charge in [-0.3, -0.25) is 0 Å². The lowest BCUT2D eigenvalue weighted by Gasteiger charge is -2.19. The molecule has 1 saturated heterocycles. The molecule has 0 unspecified atom stereocenters. The molecule has 0 atom stereocenters. The lowest BCUT2D eigenvalue weighted by Crippen LogP contribution is -2.32. The van der Waals surface area contributed by atoms with Crippen molar-refractivity contribution in [3.8, 4) is 0 Å². The predicted molar refractivity (Wildman–Crippen MR) is 73.5 cm³/mol. The number of nitrogens with zero attached hydrogens (tertiary/aromatic N) is 1. The summed E-state index contributed by atoms with van der Waals surface area (Å²) >= 11 is 6.54. The highest BCUT2D eigenvalue weighted by Gasteiger charge is 2.31. The number of aromatic carboxylic acids is 1. The molecule has 1 aromatic heterocycles. The van der Waals surface area contributed by atoms with Crippen LogP contribution in [0.5, 0.6) is 0 Å². The number of sulfonamides is 1. The number of thiophene rings is 1. The fourth-order valence-electron chi connectivity index (χ4n) is 2.11. The summed E-state index contributed by atoms with van der Waals surface area (Å²) in [4.78, 5) is 10.7. The number of carbonyl (C=O) groups is 1. The Labute approximate surface area is 120 Å². The zero-order valence-electron chi connectivity index (χ0n) is 10.1. The number of carboxylic acid groups (broad SMARTS) is 1. The first-order valence-electron chi connectivity index (χ1n) is 5.95. The molecule has 1 aliphatic heterocycles. The second-order valence-electron chi connectivity index (χ2n) is 4.37. The summed E-state index contributed by atoms with van der Waals surface area (Å²) in [6.45, 7) is 0.879. The fraction of sp³-hybridized carbons (Fsp3) is 0.545. The van der Waals surface area contributed by atoms with Crippen LogP contribution in [0.2, 0.25) is 4.34 Å². The van der Waals surface area contributed by atoms with Crippen LogP contribution in [0.3, 0.4) is 0 Å². The Bertz CT molecular complexity index is 574. The molecule has 1 aromatic rings. The molecule has 0 bridgehead atoms. The Morgan fingerprint density at radius 2 is 1.84 bits per heavy atom. The summed E-state index contributed by atoms with van der Waals surface area (Å²) in [5, 5.41) is 9.07. The molecule has 1 fully saturated rings. The van der Waals surface area contributed by atoms with Crippen molar-refractivity contribution in [1.82, 2.24) is 4.31 Å². The molecule has 8 heteroatoms. The SMILES string of the molecule is O=C(O)c1sc(Cl)cc1S(=O)(=O)N1CCCCCC1. The molecule has 0 radical (unpaired) electrons. The van der Waals surface area contributed by atoms with Crippen molar-refractivity contribution in [2.45, 2.75) is 30.6 Å². The first kappa shape index (κ1) is 14.8. The second-order valence-corrected chi connectivity index (χ2v) is 7.96. The van der Waals surface area contributed by atoms with E-state index in [0.29, 0.717) is 13.1 Å². The van der Waals surface area contributed by atoms with Crippen molar-refractivity contribution < 1.29 is 18.3 Å². The van der Waals surface area contributed by atoms with Crippen molar-refractivity contribution in [1.29, 1.82) is 0 Å². The van der Waals surface area contributed by atoms with Crippen LogP contribution < -0.4 is 0 Å². The maximum absolute atomic E-state index is 12.5. The van der Waals surface area contributed by atoms with E-state index in [4.69, 9.17) is 16.7 Å². The van der Waals surface area contributed by atoms with E-state index in [2.05, 4.69) is 0 Å². The zero-order chi connectivity index (χ0) is 14.0. The van der Waals surface area contributed by atoms with Gasteiger partial charge in [0.2, 0.25) is 10.0 Å². The van der Waals surface area contributed by atoms with Crippen LogP contribution in [-0.4, -0.2) is 36.9 Å². The first-order valence-corrected chi connectivity index (χ1v) is 8.59. The zero-order valence-corrected chi connectivity index (χ0v) is 12.5. The quantitative estimate of drug-likeness (QED) is 0.928. The molecule has 0 spiro atoms. The van der Waals surface area contributed by atoms with Gasteiger partial charge >= 0.3 is 5.97 Å². The third-order valence-corrected chi connectivity index (χ3v) is 6.35. The Morgan fingerprint density at radius 1 is 1.26 bits per heavy atom. The molecule has 19 heavy (non-hydrogen) atoms. The Morgan fingerprint density at radius 3 is 2.37 bits per heavy atom. The van der Waals surface area contributed by atoms with Crippen LogP contribution in [0.15, 0.2) is 11.0 Å². The Hall–Kier alpha value is -0.630. The average Bonchev–Trinajstić information content (AvgIpc) is 2.58. The minimum Gasteiger partial charge on any atom is -0.477 e. The van der Waals surface area contributed by atoms with Gasteiger partial charge < -0.3 is 5.11 Å². The van der Waals surface area contributed by atoms with E-state index in [-0.39, 0.29) is 14.1 Å². The van der Waals surface area contributed by atoms with E-state index in [1.54, 1.807) is 0 Å². The van der Waals surface area contributed by atoms with Crippen molar-refractivity contribution in [3.05, 3.63) is 15.3 Å². The van der Waals surface area contributed by atoms with E-state index in [0.717, 1.165) is 37.0 Å². The molecule has 0 saturated carbocycles. The molecule has 2 rings (SSSR count). The Kier molecular flexibility index (Phi) is 4.50. The molecular formula is C11H14ClNO4S2. The van der Waals surface area contributed by atoms with Crippen molar-refractivity contribution in [2.75, 3.05) is 13.1 Å². The summed E-state index contributed by atoms with van der Waals surface area (Å²) in [5.41, 5.74) is 0. The van der Waals surface area contributed by atoms with Gasteiger partial charge in [-0.2, -0.15) is 4.31 Å². The van der Waals surface area contributed by atoms with Gasteiger partial charge in [-0.15, -0.1) is 11.3 Å². The van der Waals surface area contributed by atoms with Crippen molar-refractivity contribution >= 4 is 38.9 Å². The number of halogens is 1. The first-order chi connectivity index (χ1) is 8.93. The van der Waals surface area contributed by atoms with Gasteiger partial charge in [-0.1, -0.05) is 24.4 Å². The summed E-state index contributed by atoms with van der Waals surface area (Å²) in [5.74, 6) is -1.26. The molecule has 1 N–H and O–H groups in total. The monoisotopic (exact) mass is 323 g/mol. The third kappa shape index (κ3) is 3.10. The second kappa shape index (κ2) is 5.78. The van der Waals surface area contributed by atoms with E-state index >= 15 is 0 Å². The highest BCUT2D eigenvalue weighted by atomic mass is 35.5. The number of carboxylic acids is 1. The maximum atomic E-state index is 12.5. The van der Waals surface area contributed by atoms with E-state index < -0.39 is 16.0 Å². The molecule has 0 aromatic carbocycles. The Balaban J connectivity index is 2.40. The molecule has 106 valence electrons. The smallest absolute Gasteiger partial charge is 0.347 e. The van der Waals surface area contributed by atoms with Crippen LogP contribution >= 0.6 is 22.9 Å². The molecule has 2 heterocycles. The minimum absolute atomic E-state index is 0.172. The topological polar surface area (TPSA) is 74.7 Å². The van der Waals surface area contributed by atoms with Gasteiger partial charge in [0.15, 0.2) is 0 Å². The van der Waals surface area contributed by atoms with Gasteiger partial charge in [0.05, 0.1) is 4.34 Å². The van der Waals surface area contributed by atoms with Crippen LogP contribution in [0, 0.1) is 0 Å². The predicted octanol–water partition coefficient (Wildman–Crippen LogP) is 2.66. The highest BCUT2D eigenvalue weighted by molar-refractivity contribution is 7.89. The summed E-state index contributed by atoms with van der Waals surface area (Å²) in [6, 6.07) is 1.23. The van der Waals surface area contributed by atoms with Crippen LogP contribution in [0.1, 0.15) is 35.4 Å². The average molecular weight is 324 g/mol. The van der Waals surface area contributed by atoms with Crippen LogP contribution in [0.4, 0.5) is 0 Å². The summed E-state index contributed by atoms with van der Waals surface area (Å²) in [7, 11) is -3.76. The molecule has 1 aliphatic rings. The van der Waals surface area contributed by atoms with Crippen LogP contribution in [0.25, 0.3) is 0 Å². The summed E-state index contributed by atoms with van der Waals surface area (Å²) in [6.07, 6.45) is 3.61. The minimum atomic E-state index is -3.76. The van der Waals surface area contributed by atoms with E-state index in [9.17, 15) is 13.2 Å². The number of hydrogen-bond acceptors (Lipinski definition) is 4. The fourth-order valence-corrected chi connectivity index (χ4v) is 5.25. The molecule has 0 aliphatic carbocycles. The normalized spacial score (nSPS) is 18.2. The van der Waals surface area contributed by atoms with Gasteiger partial charge in [0, 0.05) is 13.1 Å². The van der Waals surface area contributed by atoms with Crippen LogP contribution in [-0.2, 0) is 10.0 Å². The molecule has 5 nitrogen and oxygen atoms in total. The third-order valence-electron chi connectivity index (χ3n) is 3.05. The lowest BCUT2D eigenvalue weighted by molar-refractivity contribution is 0.0698. The van der Waals surface area contributed by atoms with E-state index in [1.165, 1.54) is 10.4 Å². The van der Waals surface area contributed by atoms with Gasteiger partial charge in [-0.25, -0.2) is 13.2 Å². The van der Waals surface area contributed by atoms with Gasteiger partial charge in [0.25, 0.3) is 0 Å². The summed E-state index contributed by atoms with van der Waals surface area (Å²) < 4.78 is 26.5. The van der Waals surface area contributed by atoms with E-state index in [1.807, 2.05) is 0 Å². The van der Waals surface area contributed by atoms with Crippen molar-refractivity contribution in [2.24, 2.45) is 0 Å². The molecule has 0 amide bonds. The van der Waals surface area contributed by atoms with Crippen molar-refractivity contribution in [3.63, 3.8) is 0 Å². The van der Waals surface area contributed by atoms with Gasteiger partial charge in [0.1, 0.15) is 9.77 Å². The maximum Gasteiger partial charge on any atom is 0.347 e. The lowest BCUT2D eigenvalue weighted by atomic mass is 10.2. The highest BCUT2D eigenvalue weighted by Crippen LogP contribution is 2.32. The number of hydrogen-bond donors (Lipinski definition) is 1. The van der Waals surface area contributed by atoms with Gasteiger partial charge in [-0.05, 0) is 18.9 Å². The standard InChI is InChI=1S/C11H14ClNO4S2/c12-9-7-8(10(18-9)11(14)15)19(16,17)13-5-3-1-2-4-6-13/h7H,1-6H2,(H,14,15).